The fourth-order valence-corrected chi connectivity index (χ4v) is 4.10. The molecule has 1 amide bonds. The Kier molecular flexibility index (Phi) is 7.36. The molecule has 1 heterocycles. The molecule has 0 spiro atoms. The highest BCUT2D eigenvalue weighted by Crippen LogP contribution is 2.28. The third kappa shape index (κ3) is 4.95. The number of methoxy groups -OCH3 is 2. The van der Waals surface area contributed by atoms with Gasteiger partial charge in [0.1, 0.15) is 5.75 Å². The van der Waals surface area contributed by atoms with Crippen LogP contribution >= 0.6 is 23.4 Å². The number of anilines is 1. The van der Waals surface area contributed by atoms with Crippen molar-refractivity contribution in [2.45, 2.75) is 18.1 Å². The molecule has 158 valence electrons. The smallest absolute Gasteiger partial charge is 0.262 e. The van der Waals surface area contributed by atoms with Crippen molar-refractivity contribution < 1.29 is 14.3 Å². The van der Waals surface area contributed by atoms with Gasteiger partial charge in [0, 0.05) is 12.1 Å². The largest absolute Gasteiger partial charge is 0.495 e. The minimum absolute atomic E-state index is 0.0557. The number of fused-ring (bicyclic) bond motifs is 1. The predicted molar refractivity (Wildman–Crippen MR) is 120 cm³/mol. The van der Waals surface area contributed by atoms with Crippen LogP contribution in [0.3, 0.4) is 0 Å². The number of aromatic nitrogens is 2. The summed E-state index contributed by atoms with van der Waals surface area (Å²) in [7, 11) is 3.09. The fraction of sp³-hybridized carbons (Fsp3) is 0.286. The standard InChI is InChI=1S/C21H22ClN3O4S/c1-13(11-28-2)25-20(27)15-6-4-5-7-16(15)24-21(25)30-12-19(26)23-17-10-14(22)8-9-18(17)29-3/h4-10,13H,11-12H2,1-3H3,(H,23,26)/t13-/m0/s1. The molecule has 2 aromatic carbocycles. The molecule has 1 N–H and O–H groups in total. The number of nitrogens with one attached hydrogen (secondary N) is 1. The van der Waals surface area contributed by atoms with Crippen molar-refractivity contribution in [1.82, 2.24) is 9.55 Å². The highest BCUT2D eigenvalue weighted by molar-refractivity contribution is 7.99. The van der Waals surface area contributed by atoms with E-state index < -0.39 is 0 Å². The second-order valence-electron chi connectivity index (χ2n) is 6.57. The van der Waals surface area contributed by atoms with E-state index in [0.717, 1.165) is 0 Å². The molecule has 0 radical (unpaired) electrons. The first-order valence-corrected chi connectivity index (χ1v) is 10.6. The number of benzene rings is 2. The highest BCUT2D eigenvalue weighted by Gasteiger charge is 2.18. The minimum atomic E-state index is -0.270. The number of thioether (sulfide) groups is 1. The third-order valence-electron chi connectivity index (χ3n) is 4.39. The van der Waals surface area contributed by atoms with Crippen LogP contribution in [0.25, 0.3) is 10.9 Å². The summed E-state index contributed by atoms with van der Waals surface area (Å²) in [4.78, 5) is 30.2. The molecule has 0 aliphatic carbocycles. The van der Waals surface area contributed by atoms with Crippen molar-refractivity contribution in [3.05, 3.63) is 57.8 Å². The number of carbonyl (C=O) groups is 1. The molecule has 0 fully saturated rings. The molecular weight excluding hydrogens is 426 g/mol. The molecular formula is C21H22ClN3O4S. The second-order valence-corrected chi connectivity index (χ2v) is 7.95. The highest BCUT2D eigenvalue weighted by atomic mass is 35.5. The summed E-state index contributed by atoms with van der Waals surface area (Å²) in [6.45, 7) is 2.22. The van der Waals surface area contributed by atoms with Crippen molar-refractivity contribution >= 4 is 45.9 Å². The van der Waals surface area contributed by atoms with E-state index in [-0.39, 0.29) is 23.3 Å². The number of nitrogens with zero attached hydrogens (tertiary/aromatic N) is 2. The van der Waals surface area contributed by atoms with Crippen LogP contribution < -0.4 is 15.6 Å². The maximum Gasteiger partial charge on any atom is 0.262 e. The Balaban J connectivity index is 1.86. The van der Waals surface area contributed by atoms with E-state index in [0.29, 0.717) is 39.1 Å². The quantitative estimate of drug-likeness (QED) is 0.415. The molecule has 1 aromatic heterocycles. The van der Waals surface area contributed by atoms with Crippen molar-refractivity contribution in [2.24, 2.45) is 0 Å². The summed E-state index contributed by atoms with van der Waals surface area (Å²) in [5, 5.41) is 4.25. The number of halogens is 1. The Labute approximate surface area is 183 Å². The summed E-state index contributed by atoms with van der Waals surface area (Å²) in [5.74, 6) is 0.293. The van der Waals surface area contributed by atoms with Crippen LogP contribution in [0, 0.1) is 0 Å². The number of ether oxygens (including phenoxy) is 2. The van der Waals surface area contributed by atoms with E-state index in [1.807, 2.05) is 13.0 Å². The first-order valence-electron chi connectivity index (χ1n) is 9.21. The lowest BCUT2D eigenvalue weighted by Gasteiger charge is -2.19. The zero-order valence-corrected chi connectivity index (χ0v) is 18.4. The van der Waals surface area contributed by atoms with Crippen LogP contribution in [0.1, 0.15) is 13.0 Å². The number of carbonyl (C=O) groups excluding carboxylic acids is 1. The molecule has 0 saturated heterocycles. The SMILES string of the molecule is COC[C@H](C)n1c(SCC(=O)Nc2cc(Cl)ccc2OC)nc2ccccc2c1=O. The van der Waals surface area contributed by atoms with Gasteiger partial charge in [-0.2, -0.15) is 0 Å². The van der Waals surface area contributed by atoms with Gasteiger partial charge in [0.05, 0.1) is 42.1 Å². The van der Waals surface area contributed by atoms with Crippen molar-refractivity contribution in [2.75, 3.05) is 31.9 Å². The van der Waals surface area contributed by atoms with Gasteiger partial charge in [-0.15, -0.1) is 0 Å². The summed E-state index contributed by atoms with van der Waals surface area (Å²) < 4.78 is 12.0. The van der Waals surface area contributed by atoms with Gasteiger partial charge < -0.3 is 14.8 Å². The Morgan fingerprint density at radius 2 is 2.03 bits per heavy atom. The average Bonchev–Trinajstić information content (AvgIpc) is 2.72. The number of amides is 1. The summed E-state index contributed by atoms with van der Waals surface area (Å²) in [5.41, 5.74) is 0.902. The van der Waals surface area contributed by atoms with E-state index in [1.165, 1.54) is 18.9 Å². The maximum atomic E-state index is 13.0. The van der Waals surface area contributed by atoms with E-state index >= 15 is 0 Å². The van der Waals surface area contributed by atoms with Crippen LogP contribution in [0.5, 0.6) is 5.75 Å². The Hall–Kier alpha value is -2.55. The zero-order chi connectivity index (χ0) is 21.7. The van der Waals surface area contributed by atoms with Crippen molar-refractivity contribution in [3.8, 4) is 5.75 Å². The van der Waals surface area contributed by atoms with Gasteiger partial charge in [0.25, 0.3) is 5.56 Å². The van der Waals surface area contributed by atoms with E-state index in [2.05, 4.69) is 10.3 Å². The molecule has 9 heteroatoms. The number of rotatable bonds is 8. The monoisotopic (exact) mass is 447 g/mol. The third-order valence-corrected chi connectivity index (χ3v) is 5.58. The van der Waals surface area contributed by atoms with Crippen LogP contribution in [0.4, 0.5) is 5.69 Å². The van der Waals surface area contributed by atoms with Crippen LogP contribution in [0.2, 0.25) is 5.02 Å². The molecule has 0 aliphatic rings. The number of para-hydroxylation sites is 1. The van der Waals surface area contributed by atoms with Gasteiger partial charge in [0.15, 0.2) is 5.16 Å². The van der Waals surface area contributed by atoms with E-state index in [9.17, 15) is 9.59 Å². The first-order chi connectivity index (χ1) is 14.4. The van der Waals surface area contributed by atoms with Gasteiger partial charge in [0.2, 0.25) is 5.91 Å². The van der Waals surface area contributed by atoms with Crippen LogP contribution in [-0.2, 0) is 9.53 Å². The lowest BCUT2D eigenvalue weighted by molar-refractivity contribution is -0.113. The molecule has 7 nitrogen and oxygen atoms in total. The number of hydrogen-bond acceptors (Lipinski definition) is 6. The molecule has 1 atom stereocenters. The normalized spacial score (nSPS) is 12.0. The van der Waals surface area contributed by atoms with E-state index in [4.69, 9.17) is 21.1 Å². The fourth-order valence-electron chi connectivity index (χ4n) is 3.03. The molecule has 3 rings (SSSR count). The van der Waals surface area contributed by atoms with E-state index in [1.54, 1.807) is 48.1 Å². The zero-order valence-electron chi connectivity index (χ0n) is 16.8. The molecule has 0 unspecified atom stereocenters. The topological polar surface area (TPSA) is 82.4 Å². The van der Waals surface area contributed by atoms with Crippen molar-refractivity contribution in [1.29, 1.82) is 0 Å². The minimum Gasteiger partial charge on any atom is -0.495 e. The van der Waals surface area contributed by atoms with Gasteiger partial charge in [-0.1, -0.05) is 35.5 Å². The maximum absolute atomic E-state index is 13.0. The number of hydrogen-bond donors (Lipinski definition) is 1. The Morgan fingerprint density at radius 1 is 1.27 bits per heavy atom. The Morgan fingerprint density at radius 3 is 2.77 bits per heavy atom. The average molecular weight is 448 g/mol. The first kappa shape index (κ1) is 22.1. The molecule has 0 aliphatic heterocycles. The molecule has 0 bridgehead atoms. The summed E-state index contributed by atoms with van der Waals surface area (Å²) in [6.07, 6.45) is 0. The molecule has 30 heavy (non-hydrogen) atoms. The van der Waals surface area contributed by atoms with Gasteiger partial charge >= 0.3 is 0 Å². The van der Waals surface area contributed by atoms with Gasteiger partial charge in [-0.3, -0.25) is 14.2 Å². The van der Waals surface area contributed by atoms with Crippen LogP contribution in [0.15, 0.2) is 52.4 Å². The van der Waals surface area contributed by atoms with Crippen molar-refractivity contribution in [3.63, 3.8) is 0 Å². The lowest BCUT2D eigenvalue weighted by Crippen LogP contribution is -2.29. The lowest BCUT2D eigenvalue weighted by atomic mass is 10.2. The van der Waals surface area contributed by atoms with Crippen LogP contribution in [-0.4, -0.2) is 42.0 Å². The molecule has 3 aromatic rings. The van der Waals surface area contributed by atoms with Gasteiger partial charge in [-0.25, -0.2) is 4.98 Å². The van der Waals surface area contributed by atoms with Gasteiger partial charge in [-0.05, 0) is 37.3 Å². The second kappa shape index (κ2) is 9.97. The summed E-state index contributed by atoms with van der Waals surface area (Å²) >= 11 is 7.20. The summed E-state index contributed by atoms with van der Waals surface area (Å²) in [6, 6.07) is 11.9. The molecule has 0 saturated carbocycles. The Bertz CT molecular complexity index is 1120. The predicted octanol–water partition coefficient (Wildman–Crippen LogP) is 4.00.